The average molecular weight is 439 g/mol. The van der Waals surface area contributed by atoms with Crippen LogP contribution in [-0.2, 0) is 22.4 Å². The third kappa shape index (κ3) is 4.92. The molecule has 0 radical (unpaired) electrons. The molecule has 0 amide bonds. The zero-order chi connectivity index (χ0) is 22.9. The molecule has 5 heteroatoms. The van der Waals surface area contributed by atoms with Crippen molar-refractivity contribution in [3.63, 3.8) is 0 Å². The Morgan fingerprint density at radius 2 is 1.39 bits per heavy atom. The van der Waals surface area contributed by atoms with E-state index in [-0.39, 0.29) is 11.9 Å². The summed E-state index contributed by atoms with van der Waals surface area (Å²) in [5.41, 5.74) is 3.81. The molecule has 2 aromatic carbocycles. The summed E-state index contributed by atoms with van der Waals surface area (Å²) in [4.78, 5) is 23.7. The molecule has 0 aromatic heterocycles. The molecule has 0 N–H and O–H groups in total. The number of benzene rings is 2. The van der Waals surface area contributed by atoms with Gasteiger partial charge in [-0.25, -0.2) is 0 Å². The van der Waals surface area contributed by atoms with Crippen LogP contribution in [0.5, 0.6) is 11.5 Å². The van der Waals surface area contributed by atoms with Crippen molar-refractivity contribution >= 4 is 25.2 Å². The number of carbonyl (C=O) groups is 2. The molecule has 1 aliphatic rings. The highest BCUT2D eigenvalue weighted by atomic mass is 28.3. The van der Waals surface area contributed by atoms with Crippen molar-refractivity contribution in [2.24, 2.45) is 11.8 Å². The first-order valence-electron chi connectivity index (χ1n) is 11.1. The lowest BCUT2D eigenvalue weighted by atomic mass is 9.75. The Labute approximate surface area is 187 Å². The van der Waals surface area contributed by atoms with Gasteiger partial charge >= 0.3 is 11.9 Å². The van der Waals surface area contributed by atoms with Crippen LogP contribution in [0.2, 0.25) is 19.1 Å². The second-order valence-corrected chi connectivity index (χ2v) is 14.4. The SMILES string of the molecule is CC(=O)Oc1c(C)c(C)c(OC(C)=O)c2c1C[C@@H](C[Si](C)(C)c1ccccc1)[C@H](C)C2. The summed E-state index contributed by atoms with van der Waals surface area (Å²) in [6, 6.07) is 12.0. The molecule has 0 heterocycles. The molecule has 31 heavy (non-hydrogen) atoms. The van der Waals surface area contributed by atoms with E-state index in [2.05, 4.69) is 50.3 Å². The maximum atomic E-state index is 11.9. The molecule has 2 aromatic rings. The van der Waals surface area contributed by atoms with Crippen molar-refractivity contribution < 1.29 is 19.1 Å². The Balaban J connectivity index is 2.05. The van der Waals surface area contributed by atoms with E-state index in [0.29, 0.717) is 23.3 Å². The fourth-order valence-electron chi connectivity index (χ4n) is 4.95. The van der Waals surface area contributed by atoms with Crippen LogP contribution in [0, 0.1) is 25.7 Å². The summed E-state index contributed by atoms with van der Waals surface area (Å²) in [6.45, 7) is 13.9. The average Bonchev–Trinajstić information content (AvgIpc) is 2.70. The maximum Gasteiger partial charge on any atom is 0.308 e. The van der Waals surface area contributed by atoms with Gasteiger partial charge < -0.3 is 9.47 Å². The van der Waals surface area contributed by atoms with Crippen molar-refractivity contribution in [3.8, 4) is 11.5 Å². The normalized spacial score (nSPS) is 18.3. The van der Waals surface area contributed by atoms with Crippen molar-refractivity contribution in [2.75, 3.05) is 0 Å². The smallest absolute Gasteiger partial charge is 0.308 e. The van der Waals surface area contributed by atoms with Gasteiger partial charge in [-0.1, -0.05) is 61.6 Å². The van der Waals surface area contributed by atoms with E-state index < -0.39 is 8.07 Å². The molecule has 0 bridgehead atoms. The summed E-state index contributed by atoms with van der Waals surface area (Å²) in [6.07, 6.45) is 1.65. The molecule has 1 aliphatic carbocycles. The third-order valence-electron chi connectivity index (χ3n) is 6.77. The van der Waals surface area contributed by atoms with E-state index in [9.17, 15) is 9.59 Å². The fourth-order valence-corrected chi connectivity index (χ4v) is 8.14. The summed E-state index contributed by atoms with van der Waals surface area (Å²) in [5.74, 6) is 1.60. The monoisotopic (exact) mass is 438 g/mol. The van der Waals surface area contributed by atoms with Crippen molar-refractivity contribution in [1.29, 1.82) is 0 Å². The molecule has 3 rings (SSSR count). The first-order chi connectivity index (χ1) is 14.5. The van der Waals surface area contributed by atoms with E-state index in [1.807, 2.05) is 13.8 Å². The highest BCUT2D eigenvalue weighted by Gasteiger charge is 2.37. The summed E-state index contributed by atoms with van der Waals surface area (Å²) in [5, 5.41) is 1.47. The molecule has 2 atom stereocenters. The second kappa shape index (κ2) is 8.99. The minimum absolute atomic E-state index is 0.320. The highest BCUT2D eigenvalue weighted by Crippen LogP contribution is 2.46. The largest absolute Gasteiger partial charge is 0.426 e. The summed E-state index contributed by atoms with van der Waals surface area (Å²) in [7, 11) is -1.64. The molecule has 0 saturated carbocycles. The molecular weight excluding hydrogens is 404 g/mol. The minimum atomic E-state index is -1.64. The van der Waals surface area contributed by atoms with Gasteiger partial charge in [-0.15, -0.1) is 0 Å². The standard InChI is InChI=1S/C26H34O4Si/c1-16-13-23-24(14-21(16)15-31(6,7)22-11-9-8-10-12-22)26(30-20(5)28)18(3)17(2)25(23)29-19(4)27/h8-12,16,21H,13-15H2,1-7H3/t16-,21+/m1/s1. The Kier molecular flexibility index (Phi) is 6.75. The zero-order valence-electron chi connectivity index (χ0n) is 19.8. The van der Waals surface area contributed by atoms with E-state index in [0.717, 1.165) is 41.1 Å². The van der Waals surface area contributed by atoms with Crippen LogP contribution in [0.1, 0.15) is 43.0 Å². The number of esters is 2. The fraction of sp³-hybridized carbons (Fsp3) is 0.462. The molecule has 166 valence electrons. The topological polar surface area (TPSA) is 52.6 Å². The number of hydrogen-bond acceptors (Lipinski definition) is 4. The maximum absolute atomic E-state index is 11.9. The Bertz CT molecular complexity index is 994. The molecule has 0 saturated heterocycles. The van der Waals surface area contributed by atoms with Gasteiger partial charge in [0, 0.05) is 25.0 Å². The Morgan fingerprint density at radius 3 is 1.87 bits per heavy atom. The second-order valence-electron chi connectivity index (χ2n) is 9.65. The van der Waals surface area contributed by atoms with E-state index in [4.69, 9.17) is 9.47 Å². The molecule has 0 fully saturated rings. The van der Waals surface area contributed by atoms with Crippen LogP contribution >= 0.6 is 0 Å². The summed E-state index contributed by atoms with van der Waals surface area (Å²) < 4.78 is 11.4. The van der Waals surface area contributed by atoms with Crippen molar-refractivity contribution in [3.05, 3.63) is 52.6 Å². The zero-order valence-corrected chi connectivity index (χ0v) is 20.8. The van der Waals surface area contributed by atoms with E-state index in [1.54, 1.807) is 0 Å². The quantitative estimate of drug-likeness (QED) is 0.369. The highest BCUT2D eigenvalue weighted by molar-refractivity contribution is 6.89. The van der Waals surface area contributed by atoms with Crippen LogP contribution in [-0.4, -0.2) is 20.0 Å². The van der Waals surface area contributed by atoms with E-state index in [1.165, 1.54) is 19.0 Å². The van der Waals surface area contributed by atoms with Gasteiger partial charge in [0.05, 0.1) is 8.07 Å². The number of rotatable bonds is 5. The lowest BCUT2D eigenvalue weighted by molar-refractivity contribution is -0.133. The lowest BCUT2D eigenvalue weighted by Crippen LogP contribution is -2.44. The van der Waals surface area contributed by atoms with Crippen LogP contribution in [0.15, 0.2) is 30.3 Å². The van der Waals surface area contributed by atoms with Crippen LogP contribution < -0.4 is 14.7 Å². The van der Waals surface area contributed by atoms with Crippen molar-refractivity contribution in [1.82, 2.24) is 0 Å². The van der Waals surface area contributed by atoms with Crippen molar-refractivity contribution in [2.45, 2.75) is 66.6 Å². The van der Waals surface area contributed by atoms with Gasteiger partial charge in [0.25, 0.3) is 0 Å². The Hall–Kier alpha value is -2.40. The summed E-state index contributed by atoms with van der Waals surface area (Å²) >= 11 is 0. The Morgan fingerprint density at radius 1 is 0.903 bits per heavy atom. The number of hydrogen-bond donors (Lipinski definition) is 0. The van der Waals surface area contributed by atoms with Gasteiger partial charge in [0.1, 0.15) is 11.5 Å². The predicted molar refractivity (Wildman–Crippen MR) is 127 cm³/mol. The van der Waals surface area contributed by atoms with Crippen LogP contribution in [0.4, 0.5) is 0 Å². The lowest BCUT2D eigenvalue weighted by Gasteiger charge is -2.37. The van der Waals surface area contributed by atoms with E-state index >= 15 is 0 Å². The van der Waals surface area contributed by atoms with Crippen LogP contribution in [0.25, 0.3) is 0 Å². The van der Waals surface area contributed by atoms with Gasteiger partial charge in [0.2, 0.25) is 0 Å². The van der Waals surface area contributed by atoms with Gasteiger partial charge in [-0.2, -0.15) is 0 Å². The van der Waals surface area contributed by atoms with Crippen LogP contribution in [0.3, 0.4) is 0 Å². The number of fused-ring (bicyclic) bond motifs is 1. The van der Waals surface area contributed by atoms with Gasteiger partial charge in [-0.05, 0) is 49.7 Å². The molecule has 0 unspecified atom stereocenters. The first kappa shape index (κ1) is 23.3. The molecule has 0 spiro atoms. The molecule has 4 nitrogen and oxygen atoms in total. The van der Waals surface area contributed by atoms with Gasteiger partial charge in [0.15, 0.2) is 0 Å². The minimum Gasteiger partial charge on any atom is -0.426 e. The first-order valence-corrected chi connectivity index (χ1v) is 14.3. The van der Waals surface area contributed by atoms with Gasteiger partial charge in [-0.3, -0.25) is 9.59 Å². The predicted octanol–water partition coefficient (Wildman–Crippen LogP) is 5.12. The molecular formula is C26H34O4Si. The third-order valence-corrected chi connectivity index (χ3v) is 10.2. The molecule has 0 aliphatic heterocycles. The number of ether oxygens (including phenoxy) is 2. The number of carbonyl (C=O) groups excluding carboxylic acids is 2.